The van der Waals surface area contributed by atoms with Crippen molar-refractivity contribution < 1.29 is 18.7 Å². The second-order valence-electron chi connectivity index (χ2n) is 9.92. The van der Waals surface area contributed by atoms with Crippen molar-refractivity contribution in [3.05, 3.63) is 150 Å². The van der Waals surface area contributed by atoms with Crippen LogP contribution in [0.3, 0.4) is 0 Å². The summed E-state index contributed by atoms with van der Waals surface area (Å²) >= 11 is 0. The third kappa shape index (κ3) is 6.12. The van der Waals surface area contributed by atoms with E-state index >= 15 is 0 Å². The number of ether oxygens (including phenoxy) is 1. The van der Waals surface area contributed by atoms with Gasteiger partial charge in [0.25, 0.3) is 5.91 Å². The molecule has 216 valence electrons. The van der Waals surface area contributed by atoms with Crippen LogP contribution in [0.2, 0.25) is 0 Å². The minimum Gasteiger partial charge on any atom is -0.462 e. The Morgan fingerprint density at radius 3 is 1.89 bits per heavy atom. The van der Waals surface area contributed by atoms with Crippen LogP contribution in [0.25, 0.3) is 39.5 Å². The first-order chi connectivity index (χ1) is 21.6. The van der Waals surface area contributed by atoms with Gasteiger partial charge in [0.05, 0.1) is 29.8 Å². The van der Waals surface area contributed by atoms with Gasteiger partial charge < -0.3 is 13.7 Å². The van der Waals surface area contributed by atoms with Gasteiger partial charge >= 0.3 is 5.97 Å². The first-order valence-corrected chi connectivity index (χ1v) is 14.2. The average molecular weight is 580 g/mol. The van der Waals surface area contributed by atoms with Crippen LogP contribution in [0.1, 0.15) is 33.4 Å². The van der Waals surface area contributed by atoms with E-state index in [1.165, 1.54) is 6.21 Å². The Bertz CT molecular complexity index is 1850. The Kier molecular flexibility index (Phi) is 8.27. The largest absolute Gasteiger partial charge is 0.462 e. The highest BCUT2D eigenvalue weighted by molar-refractivity contribution is 5.95. The Labute approximate surface area is 255 Å². The second-order valence-corrected chi connectivity index (χ2v) is 9.92. The van der Waals surface area contributed by atoms with Crippen LogP contribution in [0, 0.1) is 0 Å². The maximum atomic E-state index is 12.9. The van der Waals surface area contributed by atoms with Crippen LogP contribution in [0.4, 0.5) is 0 Å². The van der Waals surface area contributed by atoms with E-state index < -0.39 is 0 Å². The Hall–Kier alpha value is -5.95. The molecule has 1 N–H and O–H groups in total. The third-order valence-electron chi connectivity index (χ3n) is 7.07. The van der Waals surface area contributed by atoms with E-state index in [0.717, 1.165) is 33.8 Å². The quantitative estimate of drug-likeness (QED) is 0.107. The summed E-state index contributed by atoms with van der Waals surface area (Å²) in [5.41, 5.74) is 9.56. The maximum absolute atomic E-state index is 12.9. The fraction of sp³-hybridized carbons (Fsp3) is 0.0541. The Morgan fingerprint density at radius 2 is 1.30 bits per heavy atom. The molecule has 7 nitrogen and oxygen atoms in total. The molecule has 0 radical (unpaired) electrons. The lowest BCUT2D eigenvalue weighted by Gasteiger charge is -2.15. The lowest BCUT2D eigenvalue weighted by atomic mass is 10.1. The molecular weight excluding hydrogens is 550 g/mol. The van der Waals surface area contributed by atoms with Crippen molar-refractivity contribution in [1.29, 1.82) is 0 Å². The molecule has 0 aliphatic heterocycles. The van der Waals surface area contributed by atoms with Gasteiger partial charge in [0.2, 0.25) is 0 Å². The highest BCUT2D eigenvalue weighted by Crippen LogP contribution is 2.32. The summed E-state index contributed by atoms with van der Waals surface area (Å²) in [6.07, 6.45) is 1.45. The van der Waals surface area contributed by atoms with Gasteiger partial charge in [0.1, 0.15) is 11.5 Å². The summed E-state index contributed by atoms with van der Waals surface area (Å²) in [6, 6.07) is 42.6. The SMILES string of the molecule is CCOC(=O)c1ccc(-c2ccc(/C=N\NC(=O)c3ccc(-n4c(-c5ccccc5)ccc4-c4ccccc4)cc3)o2)cc1. The van der Waals surface area contributed by atoms with Gasteiger partial charge in [-0.2, -0.15) is 5.10 Å². The lowest BCUT2D eigenvalue weighted by molar-refractivity contribution is 0.0526. The Morgan fingerprint density at radius 1 is 0.705 bits per heavy atom. The topological polar surface area (TPSA) is 85.8 Å². The molecule has 4 aromatic carbocycles. The van der Waals surface area contributed by atoms with Crippen LogP contribution < -0.4 is 5.43 Å². The minimum atomic E-state index is -0.365. The van der Waals surface area contributed by atoms with Gasteiger partial charge in [0, 0.05) is 16.8 Å². The molecule has 0 fully saturated rings. The molecule has 2 heterocycles. The number of amides is 1. The normalized spacial score (nSPS) is 11.0. The summed E-state index contributed by atoms with van der Waals surface area (Å²) in [4.78, 5) is 24.7. The zero-order valence-electron chi connectivity index (χ0n) is 24.0. The first kappa shape index (κ1) is 28.2. The van der Waals surface area contributed by atoms with Gasteiger partial charge in [-0.25, -0.2) is 10.2 Å². The van der Waals surface area contributed by atoms with Crippen molar-refractivity contribution in [2.24, 2.45) is 5.10 Å². The molecule has 0 unspecified atom stereocenters. The van der Waals surface area contributed by atoms with E-state index in [4.69, 9.17) is 9.15 Å². The van der Waals surface area contributed by atoms with Gasteiger partial charge in [-0.1, -0.05) is 72.8 Å². The van der Waals surface area contributed by atoms with E-state index in [1.807, 2.05) is 48.5 Å². The van der Waals surface area contributed by atoms with Crippen molar-refractivity contribution in [3.63, 3.8) is 0 Å². The predicted molar refractivity (Wildman–Crippen MR) is 172 cm³/mol. The number of hydrogen-bond acceptors (Lipinski definition) is 5. The number of hydrogen-bond donors (Lipinski definition) is 1. The van der Waals surface area contributed by atoms with E-state index in [1.54, 1.807) is 55.5 Å². The smallest absolute Gasteiger partial charge is 0.338 e. The molecule has 0 aliphatic carbocycles. The number of furan rings is 1. The van der Waals surface area contributed by atoms with Crippen molar-refractivity contribution in [3.8, 4) is 39.5 Å². The molecule has 0 atom stereocenters. The molecule has 7 heteroatoms. The van der Waals surface area contributed by atoms with Gasteiger partial charge in [-0.05, 0) is 78.7 Å². The molecule has 2 aromatic heterocycles. The number of hydrazone groups is 1. The molecule has 0 spiro atoms. The summed E-state index contributed by atoms with van der Waals surface area (Å²) in [5, 5.41) is 4.08. The number of nitrogens with zero attached hydrogens (tertiary/aromatic N) is 2. The van der Waals surface area contributed by atoms with E-state index in [0.29, 0.717) is 29.3 Å². The number of carbonyl (C=O) groups is 2. The molecule has 44 heavy (non-hydrogen) atoms. The maximum Gasteiger partial charge on any atom is 0.338 e. The summed E-state index contributed by atoms with van der Waals surface area (Å²) in [7, 11) is 0. The highest BCUT2D eigenvalue weighted by atomic mass is 16.5. The number of nitrogens with one attached hydrogen (secondary N) is 1. The first-order valence-electron chi connectivity index (χ1n) is 14.2. The standard InChI is InChI=1S/C37H29N3O4/c1-2-43-37(42)30-15-13-28(14-16-30)35-24-21-32(44-35)25-38-39-36(41)29-17-19-31(20-18-29)40-33(26-9-5-3-6-10-26)22-23-34(40)27-11-7-4-8-12-27/h3-25H,2H2,1H3,(H,39,41)/b38-25-. The highest BCUT2D eigenvalue weighted by Gasteiger charge is 2.14. The number of aromatic nitrogens is 1. The molecule has 6 rings (SSSR count). The fourth-order valence-electron chi connectivity index (χ4n) is 4.93. The third-order valence-corrected chi connectivity index (χ3v) is 7.07. The molecular formula is C37H29N3O4. The van der Waals surface area contributed by atoms with Crippen LogP contribution in [-0.2, 0) is 4.74 Å². The van der Waals surface area contributed by atoms with Crippen molar-refractivity contribution in [2.45, 2.75) is 6.92 Å². The van der Waals surface area contributed by atoms with Crippen LogP contribution in [0.15, 0.2) is 143 Å². The Balaban J connectivity index is 1.16. The molecule has 0 saturated carbocycles. The van der Waals surface area contributed by atoms with E-state index in [-0.39, 0.29) is 11.9 Å². The van der Waals surface area contributed by atoms with Crippen molar-refractivity contribution in [2.75, 3.05) is 6.61 Å². The van der Waals surface area contributed by atoms with Crippen LogP contribution in [-0.4, -0.2) is 29.3 Å². The van der Waals surface area contributed by atoms with Crippen LogP contribution >= 0.6 is 0 Å². The number of carbonyl (C=O) groups excluding carboxylic acids is 2. The molecule has 1 amide bonds. The molecule has 6 aromatic rings. The van der Waals surface area contributed by atoms with Crippen LogP contribution in [0.5, 0.6) is 0 Å². The second kappa shape index (κ2) is 12.9. The van der Waals surface area contributed by atoms with Crippen molar-refractivity contribution >= 4 is 18.1 Å². The molecule has 0 saturated heterocycles. The lowest BCUT2D eigenvalue weighted by Crippen LogP contribution is -2.17. The number of esters is 1. The average Bonchev–Trinajstić information content (AvgIpc) is 3.74. The van der Waals surface area contributed by atoms with Gasteiger partial charge in [-0.3, -0.25) is 4.79 Å². The van der Waals surface area contributed by atoms with Gasteiger partial charge in [0.15, 0.2) is 0 Å². The zero-order chi connectivity index (χ0) is 30.3. The zero-order valence-corrected chi connectivity index (χ0v) is 24.0. The molecule has 0 aliphatic rings. The van der Waals surface area contributed by atoms with Crippen molar-refractivity contribution in [1.82, 2.24) is 9.99 Å². The summed E-state index contributed by atoms with van der Waals surface area (Å²) in [5.74, 6) is 0.377. The number of rotatable bonds is 9. The summed E-state index contributed by atoms with van der Waals surface area (Å²) < 4.78 is 13.1. The van der Waals surface area contributed by atoms with E-state index in [9.17, 15) is 9.59 Å². The monoisotopic (exact) mass is 579 g/mol. The fourth-order valence-corrected chi connectivity index (χ4v) is 4.93. The minimum absolute atomic E-state index is 0.322. The number of benzene rings is 4. The van der Waals surface area contributed by atoms with Gasteiger partial charge in [-0.15, -0.1) is 0 Å². The summed E-state index contributed by atoms with van der Waals surface area (Å²) in [6.45, 7) is 2.09. The molecule has 0 bridgehead atoms. The predicted octanol–water partition coefficient (Wildman–Crippen LogP) is 8.01. The van der Waals surface area contributed by atoms with E-state index in [2.05, 4.69) is 51.5 Å².